The first-order valence-corrected chi connectivity index (χ1v) is 9.60. The van der Waals surface area contributed by atoms with Crippen molar-refractivity contribution in [1.29, 1.82) is 0 Å². The summed E-state index contributed by atoms with van der Waals surface area (Å²) in [4.78, 5) is 25.4. The number of carbonyl (C=O) groups is 1. The van der Waals surface area contributed by atoms with E-state index in [2.05, 4.69) is 35.9 Å². The van der Waals surface area contributed by atoms with E-state index in [0.29, 0.717) is 6.54 Å². The summed E-state index contributed by atoms with van der Waals surface area (Å²) >= 11 is 0. The van der Waals surface area contributed by atoms with Gasteiger partial charge in [-0.1, -0.05) is 6.07 Å². The molecule has 1 amide bonds. The third-order valence-corrected chi connectivity index (χ3v) is 6.23. The molecule has 2 saturated heterocycles. The number of hydrogen-bond donors (Lipinski definition) is 2. The van der Waals surface area contributed by atoms with Crippen LogP contribution in [0.25, 0.3) is 11.0 Å². The minimum Gasteiger partial charge on any atom is -0.395 e. The predicted octanol–water partition coefficient (Wildman–Crippen LogP) is 1.99. The summed E-state index contributed by atoms with van der Waals surface area (Å²) in [7, 11) is 0. The second-order valence-corrected chi connectivity index (χ2v) is 7.95. The van der Waals surface area contributed by atoms with Crippen molar-refractivity contribution in [3.63, 3.8) is 0 Å². The van der Waals surface area contributed by atoms with Crippen molar-refractivity contribution in [3.05, 3.63) is 29.1 Å². The Morgan fingerprint density at radius 1 is 1.27 bits per heavy atom. The van der Waals surface area contributed by atoms with Gasteiger partial charge in [0.25, 0.3) is 0 Å². The Bertz CT molecular complexity index is 829. The fourth-order valence-electron chi connectivity index (χ4n) is 4.61. The molecule has 0 unspecified atom stereocenters. The van der Waals surface area contributed by atoms with Crippen molar-refractivity contribution in [2.75, 3.05) is 32.8 Å². The molecule has 4 rings (SSSR count). The van der Waals surface area contributed by atoms with E-state index in [9.17, 15) is 9.90 Å². The number of fused-ring (bicyclic) bond motifs is 1. The zero-order chi connectivity index (χ0) is 18.3. The molecule has 26 heavy (non-hydrogen) atoms. The second kappa shape index (κ2) is 6.67. The van der Waals surface area contributed by atoms with Crippen LogP contribution in [-0.2, 0) is 11.3 Å². The molecule has 140 valence electrons. The summed E-state index contributed by atoms with van der Waals surface area (Å²) < 4.78 is 0. The molecular formula is C20H28N4O2. The number of aryl methyl sites for hydroxylation is 2. The SMILES string of the molecule is Cc1ccc2[nH]c(CN3CC[C@]4(CCCN(CCO)C4=O)C3)nc2c1C. The van der Waals surface area contributed by atoms with Gasteiger partial charge >= 0.3 is 0 Å². The zero-order valence-electron chi connectivity index (χ0n) is 15.7. The number of piperidine rings is 1. The number of imidazole rings is 1. The molecular weight excluding hydrogens is 328 g/mol. The highest BCUT2D eigenvalue weighted by molar-refractivity contribution is 5.84. The minimum absolute atomic E-state index is 0.0449. The lowest BCUT2D eigenvalue weighted by Gasteiger charge is -2.39. The third kappa shape index (κ3) is 2.91. The Hall–Kier alpha value is -1.92. The molecule has 1 atom stereocenters. The number of hydrogen-bond acceptors (Lipinski definition) is 4. The molecule has 0 bridgehead atoms. The summed E-state index contributed by atoms with van der Waals surface area (Å²) in [5.41, 5.74) is 4.36. The van der Waals surface area contributed by atoms with Gasteiger partial charge in [-0.2, -0.15) is 0 Å². The Morgan fingerprint density at radius 3 is 2.92 bits per heavy atom. The Labute approximate surface area is 154 Å². The first-order valence-electron chi connectivity index (χ1n) is 9.60. The van der Waals surface area contributed by atoms with Crippen LogP contribution in [0.1, 0.15) is 36.2 Å². The van der Waals surface area contributed by atoms with Gasteiger partial charge in [-0.3, -0.25) is 9.69 Å². The van der Waals surface area contributed by atoms with Crippen LogP contribution >= 0.6 is 0 Å². The highest BCUT2D eigenvalue weighted by Crippen LogP contribution is 2.40. The molecule has 3 heterocycles. The van der Waals surface area contributed by atoms with Crippen molar-refractivity contribution >= 4 is 16.9 Å². The quantitative estimate of drug-likeness (QED) is 0.879. The van der Waals surface area contributed by atoms with Crippen molar-refractivity contribution in [2.45, 2.75) is 39.7 Å². The van der Waals surface area contributed by atoms with Gasteiger partial charge in [-0.25, -0.2) is 4.98 Å². The zero-order valence-corrected chi connectivity index (χ0v) is 15.7. The fourth-order valence-corrected chi connectivity index (χ4v) is 4.61. The molecule has 2 aromatic rings. The number of aliphatic hydroxyl groups excluding tert-OH is 1. The standard InChI is InChI=1S/C20H28N4O2/c1-14-4-5-16-18(15(14)2)22-17(21-16)12-23-9-7-20(13-23)6-3-8-24(10-11-25)19(20)26/h4-5,25H,3,6-13H2,1-2H3,(H,21,22)/t20-/m1/s1. The maximum absolute atomic E-state index is 12.9. The van der Waals surface area contributed by atoms with Crippen LogP contribution in [0.4, 0.5) is 0 Å². The number of β-amino-alcohol motifs (C(OH)–C–C–N with tert-alkyl or cyclic N) is 1. The highest BCUT2D eigenvalue weighted by Gasteiger charge is 2.48. The topological polar surface area (TPSA) is 72.5 Å². The van der Waals surface area contributed by atoms with Gasteiger partial charge in [0.2, 0.25) is 5.91 Å². The van der Waals surface area contributed by atoms with Crippen LogP contribution in [0, 0.1) is 19.3 Å². The molecule has 0 saturated carbocycles. The second-order valence-electron chi connectivity index (χ2n) is 7.95. The molecule has 1 aromatic carbocycles. The van der Waals surface area contributed by atoms with Crippen LogP contribution in [0.15, 0.2) is 12.1 Å². The first kappa shape index (κ1) is 17.5. The van der Waals surface area contributed by atoms with Crippen LogP contribution in [0.3, 0.4) is 0 Å². The molecule has 2 N–H and O–H groups in total. The summed E-state index contributed by atoms with van der Waals surface area (Å²) in [5, 5.41) is 9.21. The first-order chi connectivity index (χ1) is 12.5. The Kier molecular flexibility index (Phi) is 4.49. The number of H-pyrrole nitrogens is 1. The summed E-state index contributed by atoms with van der Waals surface area (Å²) in [6, 6.07) is 4.22. The van der Waals surface area contributed by atoms with E-state index < -0.39 is 0 Å². The smallest absolute Gasteiger partial charge is 0.230 e. The molecule has 2 aliphatic heterocycles. The average molecular weight is 356 g/mol. The number of nitrogens with one attached hydrogen (secondary N) is 1. The number of amides is 1. The van der Waals surface area contributed by atoms with E-state index in [0.717, 1.165) is 62.3 Å². The van der Waals surface area contributed by atoms with Crippen LogP contribution in [0.2, 0.25) is 0 Å². The third-order valence-electron chi connectivity index (χ3n) is 6.23. The Balaban J connectivity index is 1.49. The molecule has 6 heteroatoms. The number of carbonyl (C=O) groups excluding carboxylic acids is 1. The van der Waals surface area contributed by atoms with Crippen LogP contribution < -0.4 is 0 Å². The number of likely N-dealkylation sites (tertiary alicyclic amines) is 2. The van der Waals surface area contributed by atoms with Crippen molar-refractivity contribution in [3.8, 4) is 0 Å². The number of aromatic nitrogens is 2. The molecule has 0 radical (unpaired) electrons. The number of nitrogens with zero attached hydrogens (tertiary/aromatic N) is 3. The molecule has 6 nitrogen and oxygen atoms in total. The lowest BCUT2D eigenvalue weighted by molar-refractivity contribution is -0.146. The Morgan fingerprint density at radius 2 is 2.12 bits per heavy atom. The molecule has 0 aliphatic carbocycles. The average Bonchev–Trinajstić information content (AvgIpc) is 3.21. The molecule has 2 fully saturated rings. The lowest BCUT2D eigenvalue weighted by Crippen LogP contribution is -2.50. The monoisotopic (exact) mass is 356 g/mol. The van der Waals surface area contributed by atoms with Crippen molar-refractivity contribution in [2.24, 2.45) is 5.41 Å². The summed E-state index contributed by atoms with van der Waals surface area (Å²) in [5.74, 6) is 1.21. The largest absolute Gasteiger partial charge is 0.395 e. The van der Waals surface area contributed by atoms with Gasteiger partial charge in [-0.15, -0.1) is 0 Å². The van der Waals surface area contributed by atoms with Crippen molar-refractivity contribution in [1.82, 2.24) is 19.8 Å². The van der Waals surface area contributed by atoms with E-state index in [1.54, 1.807) is 0 Å². The summed E-state index contributed by atoms with van der Waals surface area (Å²) in [6.45, 7) is 7.98. The van der Waals surface area contributed by atoms with Crippen LogP contribution in [-0.4, -0.2) is 63.6 Å². The van der Waals surface area contributed by atoms with E-state index in [1.807, 2.05) is 4.90 Å². The van der Waals surface area contributed by atoms with Gasteiger partial charge in [0.15, 0.2) is 0 Å². The van der Waals surface area contributed by atoms with Gasteiger partial charge < -0.3 is 15.0 Å². The van der Waals surface area contributed by atoms with E-state index in [1.165, 1.54) is 11.1 Å². The lowest BCUT2D eigenvalue weighted by atomic mass is 9.78. The maximum Gasteiger partial charge on any atom is 0.230 e. The maximum atomic E-state index is 12.9. The normalized spacial score (nSPS) is 24.3. The molecule has 1 aromatic heterocycles. The van der Waals surface area contributed by atoms with Crippen LogP contribution in [0.5, 0.6) is 0 Å². The van der Waals surface area contributed by atoms with E-state index in [-0.39, 0.29) is 17.9 Å². The van der Waals surface area contributed by atoms with E-state index >= 15 is 0 Å². The highest BCUT2D eigenvalue weighted by atomic mass is 16.3. The van der Waals surface area contributed by atoms with Gasteiger partial charge in [0, 0.05) is 19.6 Å². The summed E-state index contributed by atoms with van der Waals surface area (Å²) in [6.07, 6.45) is 2.90. The predicted molar refractivity (Wildman–Crippen MR) is 101 cm³/mol. The molecule has 2 aliphatic rings. The van der Waals surface area contributed by atoms with Gasteiger partial charge in [-0.05, 0) is 56.8 Å². The number of benzene rings is 1. The molecule has 1 spiro atoms. The number of aliphatic hydroxyl groups is 1. The van der Waals surface area contributed by atoms with E-state index in [4.69, 9.17) is 4.98 Å². The van der Waals surface area contributed by atoms with Crippen molar-refractivity contribution < 1.29 is 9.90 Å². The van der Waals surface area contributed by atoms with Gasteiger partial charge in [0.1, 0.15) is 5.82 Å². The minimum atomic E-state index is -0.258. The number of aromatic amines is 1. The van der Waals surface area contributed by atoms with Gasteiger partial charge in [0.05, 0.1) is 29.6 Å². The number of rotatable bonds is 4. The fraction of sp³-hybridized carbons (Fsp3) is 0.600.